The van der Waals surface area contributed by atoms with Crippen LogP contribution in [0, 0.1) is 6.92 Å². The van der Waals surface area contributed by atoms with Gasteiger partial charge in [-0.25, -0.2) is 5.10 Å². The summed E-state index contributed by atoms with van der Waals surface area (Å²) in [6, 6.07) is 1.65. The second-order valence-corrected chi connectivity index (χ2v) is 2.49. The van der Waals surface area contributed by atoms with Crippen molar-refractivity contribution in [1.82, 2.24) is 19.8 Å². The predicted molar refractivity (Wildman–Crippen MR) is 42.8 cm³/mol. The summed E-state index contributed by atoms with van der Waals surface area (Å²) >= 11 is 0. The van der Waals surface area contributed by atoms with E-state index in [4.69, 9.17) is 5.73 Å². The zero-order chi connectivity index (χ0) is 8.72. The third-order valence-electron chi connectivity index (χ3n) is 1.55. The Morgan fingerprint density at radius 3 is 3.08 bits per heavy atom. The molecule has 0 amide bonds. The normalized spacial score (nSPS) is 10.8. The minimum absolute atomic E-state index is 0.178. The van der Waals surface area contributed by atoms with Crippen LogP contribution in [-0.2, 0) is 0 Å². The first-order valence-corrected chi connectivity index (χ1v) is 3.39. The van der Waals surface area contributed by atoms with E-state index in [0.29, 0.717) is 5.52 Å². The van der Waals surface area contributed by atoms with Gasteiger partial charge in [-0.1, -0.05) is 0 Å². The fourth-order valence-electron chi connectivity index (χ4n) is 1.05. The average Bonchev–Trinajstić information content (AvgIpc) is 2.41. The number of hydrogen-bond acceptors (Lipinski definition) is 4. The first-order valence-electron chi connectivity index (χ1n) is 3.39. The van der Waals surface area contributed by atoms with Gasteiger partial charge in [0.05, 0.1) is 5.69 Å². The molecule has 0 aliphatic rings. The van der Waals surface area contributed by atoms with Gasteiger partial charge in [-0.05, 0) is 13.0 Å². The van der Waals surface area contributed by atoms with Crippen molar-refractivity contribution in [1.29, 1.82) is 0 Å². The molecule has 2 aromatic rings. The fraction of sp³-hybridized carbons (Fsp3) is 0.167. The Morgan fingerprint density at radius 2 is 2.42 bits per heavy atom. The molecule has 0 aliphatic heterocycles. The second kappa shape index (κ2) is 2.07. The summed E-state index contributed by atoms with van der Waals surface area (Å²) in [5.41, 5.74) is 6.32. The Labute approximate surface area is 67.0 Å². The predicted octanol–water partition coefficient (Wildman–Crippen LogP) is -0.692. The first-order chi connectivity index (χ1) is 5.68. The summed E-state index contributed by atoms with van der Waals surface area (Å²) in [4.78, 5) is 11.1. The molecule has 2 heterocycles. The fourth-order valence-corrected chi connectivity index (χ4v) is 1.05. The molecule has 0 aromatic carbocycles. The lowest BCUT2D eigenvalue weighted by Gasteiger charge is -1.93. The van der Waals surface area contributed by atoms with Gasteiger partial charge in [0.15, 0.2) is 0 Å². The lowest BCUT2D eigenvalue weighted by Crippen LogP contribution is -2.15. The molecular formula is C6H7N5O. The highest BCUT2D eigenvalue weighted by Gasteiger charge is 2.04. The summed E-state index contributed by atoms with van der Waals surface area (Å²) < 4.78 is 1.31. The largest absolute Gasteiger partial charge is 0.366 e. The number of fused-ring (bicyclic) bond motifs is 1. The minimum atomic E-state index is -0.287. The number of aryl methyl sites for hydroxylation is 1. The van der Waals surface area contributed by atoms with Gasteiger partial charge in [-0.15, -0.1) is 5.10 Å². The molecule has 0 spiro atoms. The topological polar surface area (TPSA) is 89.1 Å². The summed E-state index contributed by atoms with van der Waals surface area (Å²) in [7, 11) is 0. The molecule has 0 atom stereocenters. The number of nitrogens with two attached hydrogens (primary N) is 1. The average molecular weight is 165 g/mol. The van der Waals surface area contributed by atoms with Crippen LogP contribution in [0.2, 0.25) is 0 Å². The highest BCUT2D eigenvalue weighted by atomic mass is 16.1. The number of rotatable bonds is 0. The molecule has 2 aromatic heterocycles. The molecule has 0 saturated carbocycles. The number of nitrogen functional groups attached to an aromatic ring is 1. The molecule has 6 heteroatoms. The van der Waals surface area contributed by atoms with E-state index >= 15 is 0 Å². The van der Waals surface area contributed by atoms with Crippen molar-refractivity contribution in [2.45, 2.75) is 6.92 Å². The monoisotopic (exact) mass is 165 g/mol. The highest BCUT2D eigenvalue weighted by Crippen LogP contribution is 2.01. The summed E-state index contributed by atoms with van der Waals surface area (Å²) in [5.74, 6) is 0.178. The van der Waals surface area contributed by atoms with Crippen molar-refractivity contribution in [3.63, 3.8) is 0 Å². The van der Waals surface area contributed by atoms with E-state index in [1.165, 1.54) is 4.52 Å². The summed E-state index contributed by atoms with van der Waals surface area (Å²) in [6.07, 6.45) is 0. The van der Waals surface area contributed by atoms with Gasteiger partial charge in [-0.3, -0.25) is 4.79 Å². The second-order valence-electron chi connectivity index (χ2n) is 2.49. The number of anilines is 1. The SMILES string of the molecule is Cc1cc2c(=O)[nH]nc(N)n2n1. The van der Waals surface area contributed by atoms with Crippen molar-refractivity contribution >= 4 is 11.5 Å². The number of H-pyrrole nitrogens is 1. The number of aromatic amines is 1. The molecule has 0 aliphatic carbocycles. The molecule has 0 bridgehead atoms. The van der Waals surface area contributed by atoms with Gasteiger partial charge in [0.1, 0.15) is 5.52 Å². The van der Waals surface area contributed by atoms with Crippen LogP contribution in [0.15, 0.2) is 10.9 Å². The van der Waals surface area contributed by atoms with E-state index in [0.717, 1.165) is 5.69 Å². The maximum atomic E-state index is 11.1. The van der Waals surface area contributed by atoms with Crippen LogP contribution in [0.1, 0.15) is 5.69 Å². The van der Waals surface area contributed by atoms with Crippen LogP contribution in [0.4, 0.5) is 5.95 Å². The molecule has 0 radical (unpaired) electrons. The maximum absolute atomic E-state index is 11.1. The van der Waals surface area contributed by atoms with Crippen LogP contribution in [0.3, 0.4) is 0 Å². The van der Waals surface area contributed by atoms with E-state index in [9.17, 15) is 4.79 Å². The quantitative estimate of drug-likeness (QED) is 0.540. The lowest BCUT2D eigenvalue weighted by atomic mass is 10.4. The number of nitrogens with zero attached hydrogens (tertiary/aromatic N) is 3. The van der Waals surface area contributed by atoms with Crippen molar-refractivity contribution in [3.8, 4) is 0 Å². The molecule has 12 heavy (non-hydrogen) atoms. The molecule has 0 unspecified atom stereocenters. The van der Waals surface area contributed by atoms with Crippen LogP contribution in [0.25, 0.3) is 5.52 Å². The van der Waals surface area contributed by atoms with E-state index < -0.39 is 0 Å². The summed E-state index contributed by atoms with van der Waals surface area (Å²) in [6.45, 7) is 1.78. The Morgan fingerprint density at radius 1 is 1.67 bits per heavy atom. The summed E-state index contributed by atoms with van der Waals surface area (Å²) in [5, 5.41) is 9.81. The van der Waals surface area contributed by atoms with Gasteiger partial charge in [-0.2, -0.15) is 9.61 Å². The molecule has 62 valence electrons. The van der Waals surface area contributed by atoms with Crippen LogP contribution >= 0.6 is 0 Å². The van der Waals surface area contributed by atoms with Crippen molar-refractivity contribution in [2.75, 3.05) is 5.73 Å². The van der Waals surface area contributed by atoms with Crippen LogP contribution < -0.4 is 11.3 Å². The van der Waals surface area contributed by atoms with E-state index in [1.54, 1.807) is 13.0 Å². The third-order valence-corrected chi connectivity index (χ3v) is 1.55. The van der Waals surface area contributed by atoms with Gasteiger partial charge < -0.3 is 5.73 Å². The Kier molecular flexibility index (Phi) is 1.18. The molecule has 6 nitrogen and oxygen atoms in total. The van der Waals surface area contributed by atoms with E-state index in [1.807, 2.05) is 0 Å². The third kappa shape index (κ3) is 0.777. The van der Waals surface area contributed by atoms with Gasteiger partial charge >= 0.3 is 0 Å². The smallest absolute Gasteiger partial charge is 0.290 e. The standard InChI is InChI=1S/C6H7N5O/c1-3-2-4-5(12)8-9-6(7)11(4)10-3/h2H,1H3,(H2,7,9)(H,8,12). The first kappa shape index (κ1) is 6.84. The van der Waals surface area contributed by atoms with Crippen LogP contribution in [0.5, 0.6) is 0 Å². The minimum Gasteiger partial charge on any atom is -0.366 e. The Hall–Kier alpha value is -1.85. The molecule has 0 saturated heterocycles. The molecule has 2 rings (SSSR count). The van der Waals surface area contributed by atoms with Gasteiger partial charge in [0.2, 0.25) is 5.95 Å². The maximum Gasteiger partial charge on any atom is 0.290 e. The highest BCUT2D eigenvalue weighted by molar-refractivity contribution is 5.47. The van der Waals surface area contributed by atoms with Gasteiger partial charge in [0, 0.05) is 0 Å². The van der Waals surface area contributed by atoms with Crippen LogP contribution in [-0.4, -0.2) is 19.8 Å². The number of aromatic nitrogens is 4. The number of nitrogens with one attached hydrogen (secondary N) is 1. The van der Waals surface area contributed by atoms with Crippen molar-refractivity contribution < 1.29 is 0 Å². The Balaban J connectivity index is 3.03. The van der Waals surface area contributed by atoms with Crippen molar-refractivity contribution in [2.24, 2.45) is 0 Å². The van der Waals surface area contributed by atoms with Gasteiger partial charge in [0.25, 0.3) is 5.56 Å². The zero-order valence-corrected chi connectivity index (χ0v) is 6.40. The van der Waals surface area contributed by atoms with E-state index in [-0.39, 0.29) is 11.5 Å². The molecule has 3 N–H and O–H groups in total. The molecular weight excluding hydrogens is 158 g/mol. The number of hydrogen-bond donors (Lipinski definition) is 2. The lowest BCUT2D eigenvalue weighted by molar-refractivity contribution is 0.855. The zero-order valence-electron chi connectivity index (χ0n) is 6.40. The van der Waals surface area contributed by atoms with Crippen molar-refractivity contribution in [3.05, 3.63) is 22.1 Å². The van der Waals surface area contributed by atoms with E-state index in [2.05, 4.69) is 15.3 Å². The molecule has 0 fully saturated rings. The Bertz CT molecular complexity index is 482.